The lowest BCUT2D eigenvalue weighted by Gasteiger charge is -2.18. The van der Waals surface area contributed by atoms with E-state index < -0.39 is 5.97 Å². The average Bonchev–Trinajstić information content (AvgIpc) is 3.38. The minimum Gasteiger partial charge on any atom is -0.465 e. The molecule has 2 N–H and O–H groups in total. The summed E-state index contributed by atoms with van der Waals surface area (Å²) in [5.41, 5.74) is 3.35. The predicted octanol–water partition coefficient (Wildman–Crippen LogP) is 2.63. The van der Waals surface area contributed by atoms with Gasteiger partial charge in [0.05, 0.1) is 35.1 Å². The van der Waals surface area contributed by atoms with E-state index in [1.54, 1.807) is 25.2 Å². The molecule has 6 nitrogen and oxygen atoms in total. The first-order chi connectivity index (χ1) is 13.5. The number of carbonyl (C=O) groups excluding carboxylic acids is 2. The van der Waals surface area contributed by atoms with Crippen LogP contribution in [0, 0.1) is 13.8 Å². The number of benzene rings is 1. The molecule has 0 radical (unpaired) electrons. The van der Waals surface area contributed by atoms with Crippen molar-refractivity contribution in [1.82, 2.24) is 9.97 Å². The molecule has 0 bridgehead atoms. The molecule has 0 amide bonds. The van der Waals surface area contributed by atoms with E-state index in [1.165, 1.54) is 16.7 Å². The van der Waals surface area contributed by atoms with Crippen LogP contribution >= 0.6 is 11.3 Å². The van der Waals surface area contributed by atoms with Crippen molar-refractivity contribution in [3.05, 3.63) is 51.8 Å². The first kappa shape index (κ1) is 18.8. The summed E-state index contributed by atoms with van der Waals surface area (Å²) >= 11 is 1.73. The van der Waals surface area contributed by atoms with Crippen LogP contribution in [0.25, 0.3) is 10.2 Å². The molecule has 0 aliphatic carbocycles. The second-order valence-electron chi connectivity index (χ2n) is 7.34. The van der Waals surface area contributed by atoms with Gasteiger partial charge in [0.15, 0.2) is 5.01 Å². The summed E-state index contributed by atoms with van der Waals surface area (Å²) in [5.74, 6) is -0.384. The van der Waals surface area contributed by atoms with Crippen molar-refractivity contribution < 1.29 is 19.2 Å². The number of ether oxygens (including phenoxy) is 1. The number of quaternary nitrogens is 1. The monoisotopic (exact) mass is 398 g/mol. The van der Waals surface area contributed by atoms with Gasteiger partial charge in [-0.05, 0) is 31.5 Å². The lowest BCUT2D eigenvalue weighted by atomic mass is 10.1. The number of carbonyl (C=O) groups is 2. The number of thiazole rings is 1. The molecule has 146 valence electrons. The topological polar surface area (TPSA) is 76.5 Å². The Morgan fingerprint density at radius 1 is 1.32 bits per heavy atom. The number of hydrogen-bond donors (Lipinski definition) is 2. The van der Waals surface area contributed by atoms with E-state index in [9.17, 15) is 9.59 Å². The average molecular weight is 399 g/mol. The van der Waals surface area contributed by atoms with Crippen molar-refractivity contribution in [2.75, 3.05) is 20.2 Å². The first-order valence-corrected chi connectivity index (χ1v) is 10.3. The van der Waals surface area contributed by atoms with Crippen LogP contribution in [-0.4, -0.2) is 41.9 Å². The molecule has 2 atom stereocenters. The highest BCUT2D eigenvalue weighted by molar-refractivity contribution is 7.18. The number of aromatic nitrogens is 2. The van der Waals surface area contributed by atoms with Gasteiger partial charge in [-0.15, -0.1) is 11.3 Å². The Morgan fingerprint density at radius 2 is 2.11 bits per heavy atom. The fourth-order valence-corrected chi connectivity index (χ4v) is 5.35. The van der Waals surface area contributed by atoms with Gasteiger partial charge in [-0.2, -0.15) is 0 Å². The quantitative estimate of drug-likeness (QED) is 0.512. The van der Waals surface area contributed by atoms with Crippen molar-refractivity contribution in [3.63, 3.8) is 0 Å². The number of likely N-dealkylation sites (tertiary alicyclic amines) is 1. The summed E-state index contributed by atoms with van der Waals surface area (Å²) < 4.78 is 6.03. The number of nitrogens with one attached hydrogen (secondary N) is 2. The Labute approximate surface area is 167 Å². The molecule has 3 aromatic rings. The summed E-state index contributed by atoms with van der Waals surface area (Å²) in [4.78, 5) is 34.2. The van der Waals surface area contributed by atoms with Crippen molar-refractivity contribution in [3.8, 4) is 0 Å². The van der Waals surface area contributed by atoms with Gasteiger partial charge in [0.2, 0.25) is 5.78 Å². The number of Topliss-reactive ketones (excluding diaryl/α,β-unsaturated/α-hetero) is 1. The number of fused-ring (bicyclic) bond motifs is 1. The number of aromatic amines is 1. The van der Waals surface area contributed by atoms with Gasteiger partial charge in [-0.25, -0.2) is 9.78 Å². The number of nitrogens with zero attached hydrogens (tertiary/aromatic N) is 1. The molecule has 2 aromatic heterocycles. The van der Waals surface area contributed by atoms with E-state index in [1.807, 2.05) is 18.2 Å². The van der Waals surface area contributed by atoms with E-state index in [-0.39, 0.29) is 11.8 Å². The Kier molecular flexibility index (Phi) is 5.03. The zero-order valence-electron chi connectivity index (χ0n) is 16.3. The lowest BCUT2D eigenvalue weighted by molar-refractivity contribution is -0.909. The van der Waals surface area contributed by atoms with Gasteiger partial charge in [-0.1, -0.05) is 12.1 Å². The molecule has 1 fully saturated rings. The van der Waals surface area contributed by atoms with Crippen LogP contribution in [0.4, 0.5) is 0 Å². The van der Waals surface area contributed by atoms with Crippen molar-refractivity contribution in [1.29, 1.82) is 0 Å². The Bertz CT molecular complexity index is 1020. The van der Waals surface area contributed by atoms with E-state index in [0.717, 1.165) is 29.9 Å². The fourth-order valence-electron chi connectivity index (χ4n) is 4.19. The van der Waals surface area contributed by atoms with Gasteiger partial charge in [0.1, 0.15) is 12.6 Å². The van der Waals surface area contributed by atoms with Gasteiger partial charge in [0.25, 0.3) is 0 Å². The molecule has 7 heteroatoms. The van der Waals surface area contributed by atoms with Crippen LogP contribution in [0.15, 0.2) is 24.3 Å². The number of aryl methyl sites for hydroxylation is 1. The molecular weight excluding hydrogens is 374 g/mol. The maximum absolute atomic E-state index is 13.0. The Hall–Kier alpha value is -2.51. The van der Waals surface area contributed by atoms with Gasteiger partial charge in [0, 0.05) is 18.5 Å². The maximum atomic E-state index is 13.0. The van der Waals surface area contributed by atoms with E-state index >= 15 is 0 Å². The zero-order chi connectivity index (χ0) is 19.8. The summed E-state index contributed by atoms with van der Waals surface area (Å²) in [6.07, 6.45) is 2.12. The SMILES string of the molecule is COC(=O)c1c(C)[nH]c(C(=O)C[NH+]2CCC[C@@H]2c2nc3ccccc3s2)c1C. The van der Waals surface area contributed by atoms with Gasteiger partial charge < -0.3 is 14.6 Å². The largest absolute Gasteiger partial charge is 0.465 e. The molecule has 3 heterocycles. The van der Waals surface area contributed by atoms with E-state index in [2.05, 4.69) is 11.1 Å². The zero-order valence-corrected chi connectivity index (χ0v) is 17.1. The number of esters is 1. The molecule has 1 aliphatic rings. The molecule has 1 aliphatic heterocycles. The normalized spacial score (nSPS) is 19.2. The summed E-state index contributed by atoms with van der Waals surface area (Å²) in [5, 5.41) is 1.11. The smallest absolute Gasteiger partial charge is 0.339 e. The highest BCUT2D eigenvalue weighted by Gasteiger charge is 2.35. The van der Waals surface area contributed by atoms with Crippen molar-refractivity contribution >= 4 is 33.3 Å². The van der Waals surface area contributed by atoms with E-state index in [0.29, 0.717) is 29.1 Å². The lowest BCUT2D eigenvalue weighted by Crippen LogP contribution is -3.11. The second kappa shape index (κ2) is 7.48. The Balaban J connectivity index is 1.56. The molecule has 4 rings (SSSR count). The number of ketones is 1. The summed E-state index contributed by atoms with van der Waals surface area (Å²) in [6, 6.07) is 8.41. The molecular formula is C21H24N3O3S+. The molecule has 1 saturated heterocycles. The van der Waals surface area contributed by atoms with Crippen LogP contribution in [0.5, 0.6) is 0 Å². The van der Waals surface area contributed by atoms with Crippen molar-refractivity contribution in [2.45, 2.75) is 32.7 Å². The summed E-state index contributed by atoms with van der Waals surface area (Å²) in [6.45, 7) is 4.94. The predicted molar refractivity (Wildman–Crippen MR) is 108 cm³/mol. The number of rotatable bonds is 5. The van der Waals surface area contributed by atoms with Crippen LogP contribution in [-0.2, 0) is 4.74 Å². The third kappa shape index (κ3) is 3.25. The van der Waals surface area contributed by atoms with Crippen LogP contribution in [0.1, 0.15) is 56.0 Å². The maximum Gasteiger partial charge on any atom is 0.339 e. The second-order valence-corrected chi connectivity index (χ2v) is 8.40. The summed E-state index contributed by atoms with van der Waals surface area (Å²) in [7, 11) is 1.35. The van der Waals surface area contributed by atoms with Crippen LogP contribution in [0.3, 0.4) is 0 Å². The third-order valence-corrected chi connectivity index (χ3v) is 6.74. The molecule has 1 unspecified atom stereocenters. The van der Waals surface area contributed by atoms with E-state index in [4.69, 9.17) is 9.72 Å². The van der Waals surface area contributed by atoms with Gasteiger partial charge in [-0.3, -0.25) is 4.79 Å². The molecule has 0 saturated carbocycles. The molecule has 1 aromatic carbocycles. The van der Waals surface area contributed by atoms with Gasteiger partial charge >= 0.3 is 5.97 Å². The number of para-hydroxylation sites is 1. The Morgan fingerprint density at radius 3 is 2.86 bits per heavy atom. The highest BCUT2D eigenvalue weighted by Crippen LogP contribution is 2.28. The van der Waals surface area contributed by atoms with Crippen LogP contribution in [0.2, 0.25) is 0 Å². The highest BCUT2D eigenvalue weighted by atomic mass is 32.1. The minimum atomic E-state index is -0.411. The van der Waals surface area contributed by atoms with Crippen molar-refractivity contribution in [2.24, 2.45) is 0 Å². The number of hydrogen-bond acceptors (Lipinski definition) is 5. The molecule has 28 heavy (non-hydrogen) atoms. The molecule has 0 spiro atoms. The number of methoxy groups -OCH3 is 1. The fraction of sp³-hybridized carbons (Fsp3) is 0.381. The van der Waals surface area contributed by atoms with Crippen LogP contribution < -0.4 is 4.90 Å². The third-order valence-electron chi connectivity index (χ3n) is 5.59. The first-order valence-electron chi connectivity index (χ1n) is 9.50. The standard InChI is InChI=1S/C21H23N3O3S/c1-12-18(21(26)27-3)13(2)22-19(12)16(25)11-24-10-6-8-15(24)20-23-14-7-4-5-9-17(14)28-20/h4-5,7,9,15,22H,6,8,10-11H2,1-3H3/p+1/t15-/m1/s1. The minimum absolute atomic E-state index is 0.0266. The number of H-pyrrole nitrogens is 1.